The first-order valence-electron chi connectivity index (χ1n) is 9.71. The Kier molecular flexibility index (Phi) is 6.61. The van der Waals surface area contributed by atoms with Crippen molar-refractivity contribution >= 4 is 33.7 Å². The third kappa shape index (κ3) is 5.08. The van der Waals surface area contributed by atoms with Crippen molar-refractivity contribution in [1.29, 1.82) is 0 Å². The Labute approximate surface area is 184 Å². The second kappa shape index (κ2) is 9.00. The minimum absolute atomic E-state index is 0.0490. The summed E-state index contributed by atoms with van der Waals surface area (Å²) in [6, 6.07) is 12.6. The summed E-state index contributed by atoms with van der Waals surface area (Å²) in [6.45, 7) is 6.47. The van der Waals surface area contributed by atoms with E-state index < -0.39 is 5.97 Å². The molecule has 7 heteroatoms. The van der Waals surface area contributed by atoms with Crippen LogP contribution in [0.3, 0.4) is 0 Å². The molecule has 0 fully saturated rings. The number of nitrogens with zero attached hydrogens (tertiary/aromatic N) is 1. The fourth-order valence-electron chi connectivity index (χ4n) is 3.11. The molecule has 0 aliphatic carbocycles. The van der Waals surface area contributed by atoms with Crippen LogP contribution in [0.1, 0.15) is 53.5 Å². The summed E-state index contributed by atoms with van der Waals surface area (Å²) in [5, 5.41) is 0. The van der Waals surface area contributed by atoms with Gasteiger partial charge in [0.25, 0.3) is 11.8 Å². The summed E-state index contributed by atoms with van der Waals surface area (Å²) in [7, 11) is 0. The van der Waals surface area contributed by atoms with E-state index in [0.29, 0.717) is 23.3 Å². The largest absolute Gasteiger partial charge is 0.482 e. The second-order valence-corrected chi connectivity index (χ2v) is 9.00. The highest BCUT2D eigenvalue weighted by molar-refractivity contribution is 9.10. The fraction of sp³-hybridized carbons (Fsp3) is 0.348. The number of hydrogen-bond donors (Lipinski definition) is 0. The zero-order valence-electron chi connectivity index (χ0n) is 17.2. The van der Waals surface area contributed by atoms with E-state index in [0.717, 1.165) is 4.47 Å². The van der Waals surface area contributed by atoms with Crippen LogP contribution in [0.2, 0.25) is 0 Å². The highest BCUT2D eigenvalue weighted by Gasteiger charge is 2.35. The van der Waals surface area contributed by atoms with Crippen molar-refractivity contribution in [3.8, 4) is 5.75 Å². The van der Waals surface area contributed by atoms with Crippen molar-refractivity contribution < 1.29 is 23.9 Å². The number of carbonyl (C=O) groups excluding carboxylic acids is 3. The topological polar surface area (TPSA) is 72.9 Å². The van der Waals surface area contributed by atoms with Gasteiger partial charge in [-0.1, -0.05) is 48.8 Å². The van der Waals surface area contributed by atoms with Crippen molar-refractivity contribution in [2.24, 2.45) is 0 Å². The van der Waals surface area contributed by atoms with Gasteiger partial charge in [0.15, 0.2) is 6.61 Å². The molecule has 6 nitrogen and oxygen atoms in total. The number of rotatable bonds is 7. The smallest absolute Gasteiger partial charge is 0.344 e. The minimum atomic E-state index is -0.499. The molecule has 0 bridgehead atoms. The molecule has 2 aromatic carbocycles. The molecule has 2 amide bonds. The Morgan fingerprint density at radius 1 is 1.00 bits per heavy atom. The van der Waals surface area contributed by atoms with Gasteiger partial charge in [-0.3, -0.25) is 14.5 Å². The van der Waals surface area contributed by atoms with E-state index in [1.165, 1.54) is 10.5 Å². The monoisotopic (exact) mass is 473 g/mol. The Balaban J connectivity index is 1.40. The van der Waals surface area contributed by atoms with E-state index in [1.807, 2.05) is 24.3 Å². The normalized spacial score (nSPS) is 13.4. The molecule has 0 unspecified atom stereocenters. The van der Waals surface area contributed by atoms with Crippen molar-refractivity contribution in [2.75, 3.05) is 19.8 Å². The molecule has 0 N–H and O–H groups in total. The van der Waals surface area contributed by atoms with Gasteiger partial charge in [-0.15, -0.1) is 0 Å². The van der Waals surface area contributed by atoms with E-state index >= 15 is 0 Å². The maximum atomic E-state index is 12.4. The van der Waals surface area contributed by atoms with Crippen LogP contribution in [0.15, 0.2) is 46.9 Å². The molecule has 1 aliphatic heterocycles. The second-order valence-electron chi connectivity index (χ2n) is 8.09. The van der Waals surface area contributed by atoms with Crippen LogP contribution in [0.4, 0.5) is 0 Å². The third-order valence-electron chi connectivity index (χ3n) is 4.80. The Hall–Kier alpha value is -2.67. The summed E-state index contributed by atoms with van der Waals surface area (Å²) < 4.78 is 11.3. The number of hydrogen-bond acceptors (Lipinski definition) is 5. The van der Waals surface area contributed by atoms with Gasteiger partial charge in [0.2, 0.25) is 0 Å². The molecule has 0 radical (unpaired) electrons. The number of imide groups is 1. The zero-order chi connectivity index (χ0) is 21.9. The number of amides is 2. The average molecular weight is 474 g/mol. The van der Waals surface area contributed by atoms with E-state index in [2.05, 4.69) is 36.7 Å². The van der Waals surface area contributed by atoms with Crippen LogP contribution in [-0.2, 0) is 14.9 Å². The number of esters is 1. The number of benzene rings is 2. The maximum absolute atomic E-state index is 12.4. The van der Waals surface area contributed by atoms with Crippen LogP contribution in [0.25, 0.3) is 0 Å². The first-order chi connectivity index (χ1) is 14.2. The van der Waals surface area contributed by atoms with E-state index in [1.54, 1.807) is 18.2 Å². The van der Waals surface area contributed by atoms with Crippen molar-refractivity contribution in [3.05, 3.63) is 63.6 Å². The molecule has 1 aliphatic rings. The lowest BCUT2D eigenvalue weighted by molar-refractivity contribution is -0.146. The van der Waals surface area contributed by atoms with Crippen LogP contribution >= 0.6 is 15.9 Å². The van der Waals surface area contributed by atoms with Crippen molar-refractivity contribution in [1.82, 2.24) is 4.90 Å². The molecule has 0 atom stereocenters. The lowest BCUT2D eigenvalue weighted by Gasteiger charge is -2.19. The first kappa shape index (κ1) is 22.0. The predicted molar refractivity (Wildman–Crippen MR) is 116 cm³/mol. The molecule has 0 spiro atoms. The SMILES string of the molecule is CC(C)(C)c1ccc(OCC(=O)OCCCN2C(=O)c3ccc(Br)cc3C2=O)cc1. The molecular formula is C23H24BrNO5. The molecule has 158 valence electrons. The highest BCUT2D eigenvalue weighted by Crippen LogP contribution is 2.26. The zero-order valence-corrected chi connectivity index (χ0v) is 18.8. The van der Waals surface area contributed by atoms with Crippen molar-refractivity contribution in [2.45, 2.75) is 32.6 Å². The average Bonchev–Trinajstić information content (AvgIpc) is 2.93. The summed E-state index contributed by atoms with van der Waals surface area (Å²) >= 11 is 3.30. The molecule has 1 heterocycles. The molecule has 0 saturated carbocycles. The van der Waals surface area contributed by atoms with Gasteiger partial charge in [-0.25, -0.2) is 4.79 Å². The van der Waals surface area contributed by atoms with Gasteiger partial charge < -0.3 is 9.47 Å². The van der Waals surface area contributed by atoms with Crippen LogP contribution in [0.5, 0.6) is 5.75 Å². The number of carbonyl (C=O) groups is 3. The molecule has 3 rings (SSSR count). The molecule has 0 saturated heterocycles. The quantitative estimate of drug-likeness (QED) is 0.339. The number of halogens is 1. The fourth-order valence-corrected chi connectivity index (χ4v) is 3.47. The van der Waals surface area contributed by atoms with Gasteiger partial charge in [-0.05, 0) is 47.7 Å². The van der Waals surface area contributed by atoms with Gasteiger partial charge in [0, 0.05) is 11.0 Å². The van der Waals surface area contributed by atoms with Gasteiger partial charge >= 0.3 is 5.97 Å². The maximum Gasteiger partial charge on any atom is 0.344 e. The Morgan fingerprint density at radius 2 is 1.67 bits per heavy atom. The summed E-state index contributed by atoms with van der Waals surface area (Å²) in [6.07, 6.45) is 0.360. The number of fused-ring (bicyclic) bond motifs is 1. The van der Waals surface area contributed by atoms with Crippen LogP contribution in [-0.4, -0.2) is 42.4 Å². The minimum Gasteiger partial charge on any atom is -0.482 e. The lowest BCUT2D eigenvalue weighted by atomic mass is 9.87. The van der Waals surface area contributed by atoms with Crippen LogP contribution in [0, 0.1) is 0 Å². The van der Waals surface area contributed by atoms with Crippen molar-refractivity contribution in [3.63, 3.8) is 0 Å². The third-order valence-corrected chi connectivity index (χ3v) is 5.29. The standard InChI is InChI=1S/C23H24BrNO5/c1-23(2,3)15-5-8-17(9-6-15)30-14-20(26)29-12-4-11-25-21(27)18-10-7-16(24)13-19(18)22(25)28/h5-10,13H,4,11-12,14H2,1-3H3. The molecule has 30 heavy (non-hydrogen) atoms. The summed E-state index contributed by atoms with van der Waals surface area (Å²) in [4.78, 5) is 37.8. The summed E-state index contributed by atoms with van der Waals surface area (Å²) in [5.74, 6) is -0.557. The lowest BCUT2D eigenvalue weighted by Crippen LogP contribution is -2.31. The van der Waals surface area contributed by atoms with E-state index in [9.17, 15) is 14.4 Å². The molecule has 0 aromatic heterocycles. The van der Waals surface area contributed by atoms with E-state index in [-0.39, 0.29) is 37.0 Å². The van der Waals surface area contributed by atoms with Crippen LogP contribution < -0.4 is 4.74 Å². The number of ether oxygens (including phenoxy) is 2. The summed E-state index contributed by atoms with van der Waals surface area (Å²) in [5.41, 5.74) is 2.01. The molecular weight excluding hydrogens is 450 g/mol. The van der Waals surface area contributed by atoms with E-state index in [4.69, 9.17) is 9.47 Å². The predicted octanol–water partition coefficient (Wildman–Crippen LogP) is 4.35. The van der Waals surface area contributed by atoms with Gasteiger partial charge in [0.05, 0.1) is 17.7 Å². The first-order valence-corrected chi connectivity index (χ1v) is 10.5. The van der Waals surface area contributed by atoms with Gasteiger partial charge in [-0.2, -0.15) is 0 Å². The highest BCUT2D eigenvalue weighted by atomic mass is 79.9. The molecule has 2 aromatic rings. The Bertz CT molecular complexity index is 963. The van der Waals surface area contributed by atoms with Gasteiger partial charge in [0.1, 0.15) is 5.75 Å². The Morgan fingerprint density at radius 3 is 2.33 bits per heavy atom.